The summed E-state index contributed by atoms with van der Waals surface area (Å²) >= 11 is 0. The van der Waals surface area contributed by atoms with Crippen LogP contribution in [-0.2, 0) is 16.6 Å². The van der Waals surface area contributed by atoms with Crippen molar-refractivity contribution in [3.05, 3.63) is 27.9 Å². The largest absolute Gasteiger partial charge is 0.468 e. The number of carbonyl (C=O) groups is 1. The molecule has 0 spiro atoms. The predicted octanol–water partition coefficient (Wildman–Crippen LogP) is 0.843. The summed E-state index contributed by atoms with van der Waals surface area (Å²) in [7, 11) is 3.11. The normalized spacial score (nSPS) is 11.7. The van der Waals surface area contributed by atoms with Gasteiger partial charge in [0.15, 0.2) is 0 Å². The average molecular weight is 252 g/mol. The Bertz CT molecular complexity index is 463. The van der Waals surface area contributed by atoms with Crippen LogP contribution in [0.25, 0.3) is 10.4 Å². The van der Waals surface area contributed by atoms with Gasteiger partial charge in [0.2, 0.25) is 0 Å². The van der Waals surface area contributed by atoms with Gasteiger partial charge in [-0.3, -0.25) is 4.68 Å². The molecule has 18 heavy (non-hydrogen) atoms. The number of azide groups is 1. The topological polar surface area (TPSA) is 105 Å². The van der Waals surface area contributed by atoms with Crippen molar-refractivity contribution in [2.45, 2.75) is 13.0 Å². The van der Waals surface area contributed by atoms with Crippen LogP contribution in [0.1, 0.15) is 17.3 Å². The van der Waals surface area contributed by atoms with E-state index in [1.807, 2.05) is 6.92 Å². The minimum absolute atomic E-state index is 0.267. The third kappa shape index (κ3) is 3.47. The summed E-state index contributed by atoms with van der Waals surface area (Å²) in [6.07, 6.45) is 1.76. The van der Waals surface area contributed by atoms with E-state index in [1.165, 1.54) is 7.11 Å². The number of aromatic nitrogens is 2. The third-order valence-electron chi connectivity index (χ3n) is 2.42. The average Bonchev–Trinajstić information content (AvgIpc) is 2.67. The molecule has 0 aliphatic rings. The Morgan fingerprint density at radius 3 is 3.00 bits per heavy atom. The summed E-state index contributed by atoms with van der Waals surface area (Å²) in [6, 6.07) is -0.599. The zero-order valence-corrected chi connectivity index (χ0v) is 10.6. The SMILES string of the molecule is COC(=O)C(NCCN=[N+]=[N-])c1cn(C)nc1C. The van der Waals surface area contributed by atoms with Crippen LogP contribution in [0.15, 0.2) is 11.3 Å². The van der Waals surface area contributed by atoms with Crippen LogP contribution in [0.2, 0.25) is 0 Å². The highest BCUT2D eigenvalue weighted by Crippen LogP contribution is 2.17. The van der Waals surface area contributed by atoms with E-state index in [9.17, 15) is 4.79 Å². The monoisotopic (exact) mass is 252 g/mol. The number of hydrogen-bond acceptors (Lipinski definition) is 5. The molecular formula is C10H16N6O2. The Balaban J connectivity index is 2.81. The minimum Gasteiger partial charge on any atom is -0.468 e. The van der Waals surface area contributed by atoms with Crippen LogP contribution in [0.3, 0.4) is 0 Å². The number of rotatable bonds is 6. The molecule has 0 bridgehead atoms. The second kappa shape index (κ2) is 6.63. The maximum atomic E-state index is 11.7. The van der Waals surface area contributed by atoms with Gasteiger partial charge < -0.3 is 10.1 Å². The molecule has 1 aromatic rings. The Morgan fingerprint density at radius 2 is 2.50 bits per heavy atom. The van der Waals surface area contributed by atoms with Crippen molar-refractivity contribution in [2.24, 2.45) is 12.2 Å². The first kappa shape index (κ1) is 14.0. The van der Waals surface area contributed by atoms with E-state index in [4.69, 9.17) is 10.3 Å². The molecule has 0 saturated heterocycles. The van der Waals surface area contributed by atoms with E-state index in [1.54, 1.807) is 17.9 Å². The Kier molecular flexibility index (Phi) is 5.16. The van der Waals surface area contributed by atoms with Gasteiger partial charge in [-0.2, -0.15) is 5.10 Å². The highest BCUT2D eigenvalue weighted by atomic mass is 16.5. The van der Waals surface area contributed by atoms with Crippen LogP contribution in [0.4, 0.5) is 0 Å². The first-order chi connectivity index (χ1) is 8.60. The zero-order chi connectivity index (χ0) is 13.5. The molecule has 0 saturated carbocycles. The summed E-state index contributed by atoms with van der Waals surface area (Å²) in [5.41, 5.74) is 9.69. The molecule has 98 valence electrons. The van der Waals surface area contributed by atoms with Crippen molar-refractivity contribution < 1.29 is 9.53 Å². The molecule has 8 heteroatoms. The van der Waals surface area contributed by atoms with Crippen LogP contribution >= 0.6 is 0 Å². The van der Waals surface area contributed by atoms with Gasteiger partial charge >= 0.3 is 5.97 Å². The van der Waals surface area contributed by atoms with Gasteiger partial charge in [-0.15, -0.1) is 0 Å². The smallest absolute Gasteiger partial charge is 0.327 e. The van der Waals surface area contributed by atoms with E-state index in [0.29, 0.717) is 6.54 Å². The third-order valence-corrected chi connectivity index (χ3v) is 2.42. The number of carbonyl (C=O) groups excluding carboxylic acids is 1. The lowest BCUT2D eigenvalue weighted by Crippen LogP contribution is -2.31. The summed E-state index contributed by atoms with van der Waals surface area (Å²) in [5, 5.41) is 10.6. The van der Waals surface area contributed by atoms with Crippen LogP contribution in [-0.4, -0.2) is 35.9 Å². The quantitative estimate of drug-likeness (QED) is 0.266. The van der Waals surface area contributed by atoms with Gasteiger partial charge in [-0.05, 0) is 12.5 Å². The molecule has 0 aromatic carbocycles. The number of aryl methyl sites for hydroxylation is 2. The van der Waals surface area contributed by atoms with E-state index in [2.05, 4.69) is 20.4 Å². The fourth-order valence-corrected chi connectivity index (χ4v) is 1.64. The second-order valence-corrected chi connectivity index (χ2v) is 3.71. The van der Waals surface area contributed by atoms with Crippen molar-refractivity contribution in [3.8, 4) is 0 Å². The van der Waals surface area contributed by atoms with Gasteiger partial charge in [0.05, 0.1) is 12.8 Å². The van der Waals surface area contributed by atoms with Gasteiger partial charge in [-0.25, -0.2) is 4.79 Å². The molecule has 0 radical (unpaired) electrons. The van der Waals surface area contributed by atoms with Crippen molar-refractivity contribution >= 4 is 5.97 Å². The second-order valence-electron chi connectivity index (χ2n) is 3.71. The van der Waals surface area contributed by atoms with Crippen molar-refractivity contribution in [1.29, 1.82) is 0 Å². The molecule has 0 aliphatic heterocycles. The van der Waals surface area contributed by atoms with E-state index < -0.39 is 12.0 Å². The molecule has 1 rings (SSSR count). The molecular weight excluding hydrogens is 236 g/mol. The van der Waals surface area contributed by atoms with Gasteiger partial charge in [0.25, 0.3) is 0 Å². The lowest BCUT2D eigenvalue weighted by atomic mass is 10.1. The maximum absolute atomic E-state index is 11.7. The number of esters is 1. The molecule has 1 atom stereocenters. The highest BCUT2D eigenvalue weighted by Gasteiger charge is 2.24. The zero-order valence-electron chi connectivity index (χ0n) is 10.6. The van der Waals surface area contributed by atoms with Crippen LogP contribution in [0.5, 0.6) is 0 Å². The molecule has 0 amide bonds. The molecule has 1 unspecified atom stereocenters. The van der Waals surface area contributed by atoms with Crippen molar-refractivity contribution in [3.63, 3.8) is 0 Å². The molecule has 1 heterocycles. The molecule has 1 aromatic heterocycles. The highest BCUT2D eigenvalue weighted by molar-refractivity contribution is 5.77. The summed E-state index contributed by atoms with van der Waals surface area (Å²) < 4.78 is 6.38. The van der Waals surface area contributed by atoms with Gasteiger partial charge in [0.1, 0.15) is 6.04 Å². The maximum Gasteiger partial charge on any atom is 0.327 e. The van der Waals surface area contributed by atoms with Gasteiger partial charge in [0, 0.05) is 36.8 Å². The van der Waals surface area contributed by atoms with Crippen molar-refractivity contribution in [2.75, 3.05) is 20.2 Å². The van der Waals surface area contributed by atoms with Crippen LogP contribution < -0.4 is 5.32 Å². The predicted molar refractivity (Wildman–Crippen MR) is 64.7 cm³/mol. The number of nitrogens with zero attached hydrogens (tertiary/aromatic N) is 5. The minimum atomic E-state index is -0.599. The number of ether oxygens (including phenoxy) is 1. The Labute approximate surface area is 105 Å². The number of hydrogen-bond donors (Lipinski definition) is 1. The summed E-state index contributed by atoms with van der Waals surface area (Å²) in [4.78, 5) is 14.4. The lowest BCUT2D eigenvalue weighted by molar-refractivity contribution is -0.143. The molecule has 0 aliphatic carbocycles. The standard InChI is InChI=1S/C10H16N6O2/c1-7-8(6-16(2)14-7)9(10(17)18-3)12-4-5-13-15-11/h6,9,12H,4-5H2,1-3H3. The molecule has 1 N–H and O–H groups in total. The fourth-order valence-electron chi connectivity index (χ4n) is 1.64. The van der Waals surface area contributed by atoms with Crippen molar-refractivity contribution in [1.82, 2.24) is 15.1 Å². The fraction of sp³-hybridized carbons (Fsp3) is 0.600. The summed E-state index contributed by atoms with van der Waals surface area (Å²) in [6.45, 7) is 2.47. The molecule has 0 fully saturated rings. The molecule has 8 nitrogen and oxygen atoms in total. The first-order valence-corrected chi connectivity index (χ1v) is 5.42. The summed E-state index contributed by atoms with van der Waals surface area (Å²) in [5.74, 6) is -0.396. The number of methoxy groups -OCH3 is 1. The van der Waals surface area contributed by atoms with E-state index in [0.717, 1.165) is 11.3 Å². The Morgan fingerprint density at radius 1 is 1.78 bits per heavy atom. The Hall–Kier alpha value is -2.05. The van der Waals surface area contributed by atoms with E-state index >= 15 is 0 Å². The van der Waals surface area contributed by atoms with Gasteiger partial charge in [-0.1, -0.05) is 5.11 Å². The van der Waals surface area contributed by atoms with Crippen LogP contribution in [0, 0.1) is 6.92 Å². The number of nitrogens with one attached hydrogen (secondary N) is 1. The van der Waals surface area contributed by atoms with E-state index in [-0.39, 0.29) is 6.54 Å². The lowest BCUT2D eigenvalue weighted by Gasteiger charge is -2.15. The first-order valence-electron chi connectivity index (χ1n) is 5.42.